The summed E-state index contributed by atoms with van der Waals surface area (Å²) in [6, 6.07) is 0. The van der Waals surface area contributed by atoms with E-state index in [0.29, 0.717) is 0 Å². The third kappa shape index (κ3) is 6.31. The molecule has 2 heteroatoms. The smallest absolute Gasteiger partial charge is 0.0299 e. The fraction of sp³-hybridized carbons (Fsp3) is 1.00. The van der Waals surface area contributed by atoms with E-state index in [9.17, 15) is 0 Å². The van der Waals surface area contributed by atoms with Crippen molar-refractivity contribution in [3.05, 3.63) is 0 Å². The lowest BCUT2D eigenvalue weighted by atomic mass is 11.0. The van der Waals surface area contributed by atoms with Gasteiger partial charge in [-0.05, 0) is 24.5 Å². The topological polar surface area (TPSA) is 26.0 Å². The summed E-state index contributed by atoms with van der Waals surface area (Å²) in [6.45, 7) is 2.15. The zero-order valence-corrected chi connectivity index (χ0v) is 6.63. The third-order valence-corrected chi connectivity index (χ3v) is 3.39. The van der Waals surface area contributed by atoms with Gasteiger partial charge < -0.3 is 5.14 Å². The summed E-state index contributed by atoms with van der Waals surface area (Å²) in [5.74, 6) is 1.14. The standard InChI is InChI=1S/C5H17NS/c1-5-7(2,3,4)6/h7H,5-6H2,1-4H3. The number of nitrogens with two attached hydrogens (primary N) is 1. The molecular formula is C5H17NS. The summed E-state index contributed by atoms with van der Waals surface area (Å²) in [7, 11) is -1.58. The van der Waals surface area contributed by atoms with E-state index >= 15 is 0 Å². The van der Waals surface area contributed by atoms with E-state index in [2.05, 4.69) is 25.7 Å². The zero-order valence-electron chi connectivity index (χ0n) is 5.73. The van der Waals surface area contributed by atoms with Crippen molar-refractivity contribution in [1.82, 2.24) is 0 Å². The van der Waals surface area contributed by atoms with E-state index in [-0.39, 0.29) is 0 Å². The fourth-order valence-electron chi connectivity index (χ4n) is 0. The number of hydrogen-bond acceptors (Lipinski definition) is 1. The molecule has 0 saturated heterocycles. The van der Waals surface area contributed by atoms with Gasteiger partial charge in [0, 0.05) is 0 Å². The molecule has 0 atom stereocenters. The average Bonchev–Trinajstić information content (AvgIpc) is 1.32. The predicted octanol–water partition coefficient (Wildman–Crippen LogP) is 0.842. The number of rotatable bonds is 1. The molecule has 0 spiro atoms. The van der Waals surface area contributed by atoms with Crippen LogP contribution in [-0.2, 0) is 0 Å². The summed E-state index contributed by atoms with van der Waals surface area (Å²) >= 11 is 0. The summed E-state index contributed by atoms with van der Waals surface area (Å²) in [5, 5.41) is 5.91. The zero-order chi connectivity index (χ0) is 6.15. The highest BCUT2D eigenvalue weighted by Crippen LogP contribution is 2.49. The lowest BCUT2D eigenvalue weighted by Crippen LogP contribution is -2.25. The van der Waals surface area contributed by atoms with Crippen molar-refractivity contribution in [3.8, 4) is 0 Å². The van der Waals surface area contributed by atoms with Crippen LogP contribution in [0.2, 0.25) is 0 Å². The van der Waals surface area contributed by atoms with E-state index in [4.69, 9.17) is 5.14 Å². The molecule has 0 fully saturated rings. The predicted molar refractivity (Wildman–Crippen MR) is 41.5 cm³/mol. The molecule has 0 aliphatic carbocycles. The lowest BCUT2D eigenvalue weighted by molar-refractivity contribution is 1.44. The van der Waals surface area contributed by atoms with E-state index in [0.717, 1.165) is 5.75 Å². The second kappa shape index (κ2) is 1.39. The van der Waals surface area contributed by atoms with Crippen molar-refractivity contribution in [2.45, 2.75) is 6.92 Å². The van der Waals surface area contributed by atoms with Gasteiger partial charge >= 0.3 is 0 Å². The summed E-state index contributed by atoms with van der Waals surface area (Å²) in [4.78, 5) is 0. The Morgan fingerprint density at radius 2 is 1.43 bits per heavy atom. The Balaban J connectivity index is 3.83. The van der Waals surface area contributed by atoms with Crippen molar-refractivity contribution >= 4 is 9.35 Å². The summed E-state index contributed by atoms with van der Waals surface area (Å²) in [6.07, 6.45) is 6.52. The average molecular weight is 123 g/mol. The Kier molecular flexibility index (Phi) is 1.45. The first-order chi connectivity index (χ1) is 2.81. The Morgan fingerprint density at radius 1 is 1.29 bits per heavy atom. The van der Waals surface area contributed by atoms with Crippen LogP contribution < -0.4 is 5.14 Å². The molecule has 1 nitrogen and oxygen atoms in total. The second-order valence-electron chi connectivity index (χ2n) is 3.56. The highest BCUT2D eigenvalue weighted by atomic mass is 32.3. The van der Waals surface area contributed by atoms with Gasteiger partial charge in [-0.2, -0.15) is 0 Å². The van der Waals surface area contributed by atoms with Gasteiger partial charge in [-0.3, -0.25) is 9.35 Å². The lowest BCUT2D eigenvalue weighted by Gasteiger charge is -2.46. The molecule has 0 aliphatic rings. The number of thiol groups is 1. The Bertz CT molecular complexity index is 60.6. The SMILES string of the molecule is CC[SH](C)(C)(C)N. The molecule has 0 bridgehead atoms. The first-order valence-electron chi connectivity index (χ1n) is 2.62. The first-order valence-corrected chi connectivity index (χ1v) is 6.46. The molecule has 0 saturated carbocycles. The van der Waals surface area contributed by atoms with Gasteiger partial charge in [0.1, 0.15) is 0 Å². The van der Waals surface area contributed by atoms with Crippen LogP contribution in [0.1, 0.15) is 6.92 Å². The maximum absolute atomic E-state index is 5.91. The minimum Gasteiger partial charge on any atom is -0.310 e. The fourth-order valence-corrected chi connectivity index (χ4v) is 0. The monoisotopic (exact) mass is 123 g/mol. The van der Waals surface area contributed by atoms with Gasteiger partial charge in [0.25, 0.3) is 0 Å². The van der Waals surface area contributed by atoms with Gasteiger partial charge in [-0.25, -0.2) is 0 Å². The van der Waals surface area contributed by atoms with E-state index in [1.54, 1.807) is 0 Å². The van der Waals surface area contributed by atoms with Crippen LogP contribution in [0.5, 0.6) is 0 Å². The highest BCUT2D eigenvalue weighted by Gasteiger charge is 2.13. The molecule has 0 aromatic heterocycles. The van der Waals surface area contributed by atoms with Gasteiger partial charge in [-0.15, -0.1) is 0 Å². The molecule has 0 unspecified atom stereocenters. The highest BCUT2D eigenvalue weighted by molar-refractivity contribution is 8.46. The van der Waals surface area contributed by atoms with Gasteiger partial charge in [-0.1, -0.05) is 6.92 Å². The molecule has 7 heavy (non-hydrogen) atoms. The van der Waals surface area contributed by atoms with Crippen LogP contribution in [0.3, 0.4) is 0 Å². The van der Waals surface area contributed by atoms with Crippen molar-refractivity contribution in [3.63, 3.8) is 0 Å². The Labute approximate surface area is 46.7 Å². The quantitative estimate of drug-likeness (QED) is 0.497. The molecule has 0 aliphatic heterocycles. The Hall–Kier alpha value is 0.310. The Morgan fingerprint density at radius 3 is 1.43 bits per heavy atom. The van der Waals surface area contributed by atoms with Crippen LogP contribution >= 0.6 is 9.35 Å². The summed E-state index contributed by atoms with van der Waals surface area (Å²) < 4.78 is 0. The molecule has 0 aromatic rings. The maximum atomic E-state index is 5.91. The maximum Gasteiger partial charge on any atom is -0.0299 e. The normalized spacial score (nSPS) is 18.1. The van der Waals surface area contributed by atoms with Gasteiger partial charge in [0.05, 0.1) is 0 Å². The largest absolute Gasteiger partial charge is 0.310 e. The summed E-state index contributed by atoms with van der Waals surface area (Å²) in [5.41, 5.74) is 0. The van der Waals surface area contributed by atoms with Crippen LogP contribution in [0, 0.1) is 0 Å². The molecule has 48 valence electrons. The van der Waals surface area contributed by atoms with Crippen LogP contribution in [-0.4, -0.2) is 24.5 Å². The molecule has 0 aromatic carbocycles. The molecular weight excluding hydrogens is 106 g/mol. The molecule has 0 rings (SSSR count). The van der Waals surface area contributed by atoms with E-state index < -0.39 is 9.35 Å². The molecule has 0 heterocycles. The van der Waals surface area contributed by atoms with Crippen LogP contribution in [0.25, 0.3) is 0 Å². The van der Waals surface area contributed by atoms with Gasteiger partial charge in [0.2, 0.25) is 0 Å². The number of hydrogen-bond donors (Lipinski definition) is 2. The van der Waals surface area contributed by atoms with Crippen molar-refractivity contribution in [1.29, 1.82) is 0 Å². The molecule has 2 N–H and O–H groups in total. The van der Waals surface area contributed by atoms with Crippen molar-refractivity contribution in [2.75, 3.05) is 24.5 Å². The van der Waals surface area contributed by atoms with E-state index in [1.165, 1.54) is 0 Å². The van der Waals surface area contributed by atoms with Gasteiger partial charge in [0.15, 0.2) is 0 Å². The van der Waals surface area contributed by atoms with Crippen LogP contribution in [0.4, 0.5) is 0 Å². The minimum absolute atomic E-state index is 1.14. The molecule has 0 radical (unpaired) electrons. The van der Waals surface area contributed by atoms with Crippen LogP contribution in [0.15, 0.2) is 0 Å². The van der Waals surface area contributed by atoms with Crippen molar-refractivity contribution < 1.29 is 0 Å². The molecule has 0 amide bonds. The minimum atomic E-state index is -1.58. The van der Waals surface area contributed by atoms with E-state index in [1.807, 2.05) is 0 Å². The second-order valence-corrected chi connectivity index (χ2v) is 10.7. The first kappa shape index (κ1) is 7.31. The van der Waals surface area contributed by atoms with Crippen molar-refractivity contribution in [2.24, 2.45) is 5.14 Å². The third-order valence-electron chi connectivity index (χ3n) is 1.13.